The number of methoxy groups -OCH3 is 1. The maximum Gasteiger partial charge on any atom is 0.316 e. The molecule has 2 heterocycles. The van der Waals surface area contributed by atoms with E-state index in [1.807, 2.05) is 37.3 Å². The highest BCUT2D eigenvalue weighted by Gasteiger charge is 2.27. The lowest BCUT2D eigenvalue weighted by atomic mass is 10.1. The summed E-state index contributed by atoms with van der Waals surface area (Å²) in [5, 5.41) is 13.8. The Kier molecular flexibility index (Phi) is 9.65. The van der Waals surface area contributed by atoms with Crippen molar-refractivity contribution in [2.45, 2.75) is 31.8 Å². The molecule has 3 rings (SSSR count). The summed E-state index contributed by atoms with van der Waals surface area (Å²) in [6, 6.07) is 0. The van der Waals surface area contributed by atoms with E-state index in [1.54, 1.807) is 24.2 Å². The lowest BCUT2D eigenvalue weighted by Crippen LogP contribution is -2.48. The van der Waals surface area contributed by atoms with Gasteiger partial charge in [0.15, 0.2) is 5.82 Å². The summed E-state index contributed by atoms with van der Waals surface area (Å²) in [5.41, 5.74) is 0. The van der Waals surface area contributed by atoms with E-state index in [2.05, 4.69) is 37.0 Å². The number of hydrogen-bond donors (Lipinski definition) is 1. The summed E-state index contributed by atoms with van der Waals surface area (Å²) < 4.78 is 11.4. The fourth-order valence-corrected chi connectivity index (χ4v) is 3.91. The molecule has 1 aromatic heterocycles. The number of nitrogens with zero attached hydrogens (tertiary/aromatic N) is 4. The first-order valence-corrected chi connectivity index (χ1v) is 11.9. The molecule has 0 saturated carbocycles. The molecule has 178 valence electrons. The molecular weight excluding hydrogens is 488 g/mol. The van der Waals surface area contributed by atoms with E-state index in [0.29, 0.717) is 37.5 Å². The van der Waals surface area contributed by atoms with E-state index in [9.17, 15) is 9.90 Å². The highest BCUT2D eigenvalue weighted by atomic mass is 79.9. The molecule has 0 spiro atoms. The van der Waals surface area contributed by atoms with Crippen LogP contribution >= 0.6 is 15.9 Å². The average molecular weight is 519 g/mol. The molecule has 1 saturated heterocycles. The number of amides is 1. The van der Waals surface area contributed by atoms with E-state index in [4.69, 9.17) is 9.26 Å². The third-order valence-electron chi connectivity index (χ3n) is 5.53. The molecule has 9 heteroatoms. The second kappa shape index (κ2) is 12.7. The van der Waals surface area contributed by atoms with Gasteiger partial charge in [0.05, 0.1) is 17.8 Å². The SMILES string of the molecule is COC(C)/C=C\C=C/CN1CCN(C(=O)c2nc(C3C=C/C=C(/O)CC/C(Br)=C\3)no2)CC1. The van der Waals surface area contributed by atoms with Gasteiger partial charge in [-0.25, -0.2) is 0 Å². The predicted molar refractivity (Wildman–Crippen MR) is 130 cm³/mol. The Morgan fingerprint density at radius 3 is 2.88 bits per heavy atom. The van der Waals surface area contributed by atoms with E-state index >= 15 is 0 Å². The molecule has 2 aliphatic rings. The smallest absolute Gasteiger partial charge is 0.316 e. The van der Waals surface area contributed by atoms with Crippen LogP contribution in [0.25, 0.3) is 0 Å². The minimum atomic E-state index is -0.253. The number of hydrogen-bond acceptors (Lipinski definition) is 7. The molecule has 0 aromatic carbocycles. The fourth-order valence-electron chi connectivity index (χ4n) is 3.43. The molecule has 33 heavy (non-hydrogen) atoms. The number of rotatable bonds is 7. The van der Waals surface area contributed by atoms with Crippen LogP contribution in [-0.2, 0) is 4.74 Å². The zero-order valence-electron chi connectivity index (χ0n) is 19.1. The zero-order valence-corrected chi connectivity index (χ0v) is 20.6. The number of halogens is 1. The minimum Gasteiger partial charge on any atom is -0.512 e. The lowest BCUT2D eigenvalue weighted by molar-refractivity contribution is 0.0601. The van der Waals surface area contributed by atoms with Gasteiger partial charge in [0.25, 0.3) is 0 Å². The Hall–Kier alpha value is -2.49. The van der Waals surface area contributed by atoms with Gasteiger partial charge in [-0.2, -0.15) is 4.98 Å². The Labute approximate surface area is 203 Å². The Bertz CT molecular complexity index is 942. The van der Waals surface area contributed by atoms with Crippen molar-refractivity contribution in [2.24, 2.45) is 0 Å². The predicted octanol–water partition coefficient (Wildman–Crippen LogP) is 4.13. The Balaban J connectivity index is 1.53. The number of piperazine rings is 1. The van der Waals surface area contributed by atoms with Crippen molar-refractivity contribution in [3.8, 4) is 0 Å². The first-order valence-electron chi connectivity index (χ1n) is 11.1. The van der Waals surface area contributed by atoms with Gasteiger partial charge in [0.1, 0.15) is 0 Å². The van der Waals surface area contributed by atoms with Crippen LogP contribution in [0.15, 0.2) is 63.4 Å². The van der Waals surface area contributed by atoms with Gasteiger partial charge in [0.2, 0.25) is 0 Å². The standard InChI is InChI=1S/C24H31BrN4O4/c1-18(32-2)7-4-3-5-12-28-13-15-29(16-14-28)24(31)23-26-22(27-33-23)19-8-6-9-21(30)11-10-20(25)17-19/h3-9,17-19,30H,10-16H2,1-2H3/b5-3-,7-4-,8-6?,20-17+,21-9+. The van der Waals surface area contributed by atoms with E-state index in [0.717, 1.165) is 24.1 Å². The number of allylic oxidation sites excluding steroid dienone is 8. The molecule has 2 unspecified atom stereocenters. The van der Waals surface area contributed by atoms with Crippen LogP contribution < -0.4 is 0 Å². The van der Waals surface area contributed by atoms with Crippen molar-refractivity contribution in [3.63, 3.8) is 0 Å². The van der Waals surface area contributed by atoms with Crippen molar-refractivity contribution in [1.82, 2.24) is 19.9 Å². The van der Waals surface area contributed by atoms with Crippen molar-refractivity contribution < 1.29 is 19.2 Å². The van der Waals surface area contributed by atoms with Gasteiger partial charge < -0.3 is 19.3 Å². The van der Waals surface area contributed by atoms with E-state index < -0.39 is 0 Å². The number of aromatic nitrogens is 2. The molecule has 1 aliphatic heterocycles. The van der Waals surface area contributed by atoms with Gasteiger partial charge >= 0.3 is 11.8 Å². The summed E-state index contributed by atoms with van der Waals surface area (Å²) in [6.07, 6.45) is 16.7. The fraction of sp³-hybridized carbons (Fsp3) is 0.458. The zero-order chi connectivity index (χ0) is 23.6. The number of carbonyl (C=O) groups excluding carboxylic acids is 1. The van der Waals surface area contributed by atoms with Crippen molar-refractivity contribution in [1.29, 1.82) is 0 Å². The highest BCUT2D eigenvalue weighted by molar-refractivity contribution is 9.11. The van der Waals surface area contributed by atoms with Gasteiger partial charge in [0, 0.05) is 46.3 Å². The highest BCUT2D eigenvalue weighted by Crippen LogP contribution is 2.25. The molecule has 1 fully saturated rings. The third kappa shape index (κ3) is 7.80. The third-order valence-corrected chi connectivity index (χ3v) is 6.20. The van der Waals surface area contributed by atoms with Crippen LogP contribution in [-0.4, -0.2) is 76.9 Å². The second-order valence-corrected chi connectivity index (χ2v) is 9.01. The minimum absolute atomic E-state index is 0.00642. The molecule has 0 bridgehead atoms. The quantitative estimate of drug-likeness (QED) is 0.542. The Morgan fingerprint density at radius 2 is 2.12 bits per heavy atom. The van der Waals surface area contributed by atoms with Crippen LogP contribution in [0.3, 0.4) is 0 Å². The van der Waals surface area contributed by atoms with Crippen molar-refractivity contribution >= 4 is 21.8 Å². The maximum absolute atomic E-state index is 12.9. The molecule has 0 radical (unpaired) electrons. The molecule has 1 amide bonds. The maximum atomic E-state index is 12.9. The topological polar surface area (TPSA) is 91.9 Å². The molecular formula is C24H31BrN4O4. The van der Waals surface area contributed by atoms with Crippen molar-refractivity contribution in [2.75, 3.05) is 39.8 Å². The molecule has 1 aliphatic carbocycles. The van der Waals surface area contributed by atoms with Crippen LogP contribution in [0.2, 0.25) is 0 Å². The number of ether oxygens (including phenoxy) is 1. The monoisotopic (exact) mass is 518 g/mol. The Morgan fingerprint density at radius 1 is 1.33 bits per heavy atom. The van der Waals surface area contributed by atoms with Gasteiger partial charge in [-0.3, -0.25) is 9.69 Å². The van der Waals surface area contributed by atoms with Crippen LogP contribution in [0.4, 0.5) is 0 Å². The molecule has 1 N–H and O–H groups in total. The summed E-state index contributed by atoms with van der Waals surface area (Å²) in [4.78, 5) is 21.3. The van der Waals surface area contributed by atoms with Crippen LogP contribution in [0, 0.1) is 0 Å². The number of aliphatic hydroxyl groups is 1. The summed E-state index contributed by atoms with van der Waals surface area (Å²) in [7, 11) is 1.69. The van der Waals surface area contributed by atoms with Crippen LogP contribution in [0.1, 0.15) is 42.2 Å². The van der Waals surface area contributed by atoms with E-state index in [1.165, 1.54) is 0 Å². The second-order valence-electron chi connectivity index (χ2n) is 7.99. The van der Waals surface area contributed by atoms with Gasteiger partial charge in [-0.15, -0.1) is 0 Å². The van der Waals surface area contributed by atoms with Gasteiger partial charge in [-0.1, -0.05) is 63.6 Å². The number of aliphatic hydroxyl groups excluding tert-OH is 1. The normalized spacial score (nSPS) is 24.7. The summed E-state index contributed by atoms with van der Waals surface area (Å²) in [6.45, 7) is 5.61. The largest absolute Gasteiger partial charge is 0.512 e. The molecule has 1 aromatic rings. The van der Waals surface area contributed by atoms with Gasteiger partial charge in [-0.05, 0) is 23.9 Å². The van der Waals surface area contributed by atoms with E-state index in [-0.39, 0.29) is 23.8 Å². The van der Waals surface area contributed by atoms with Crippen LogP contribution in [0.5, 0.6) is 0 Å². The first-order chi connectivity index (χ1) is 16.0. The summed E-state index contributed by atoms with van der Waals surface area (Å²) in [5.74, 6) is 0.241. The first kappa shape index (κ1) is 25.1. The summed E-state index contributed by atoms with van der Waals surface area (Å²) >= 11 is 3.52. The average Bonchev–Trinajstić information content (AvgIpc) is 3.33. The molecule has 8 nitrogen and oxygen atoms in total. The van der Waals surface area contributed by atoms with Crippen molar-refractivity contribution in [3.05, 3.63) is 70.6 Å². The number of carbonyl (C=O) groups is 1. The molecule has 2 atom stereocenters. The lowest BCUT2D eigenvalue weighted by Gasteiger charge is -2.33.